The Hall–Kier alpha value is -6.28. The quantitative estimate of drug-likeness (QED) is 0.195. The number of alkyl halides is 4. The second-order valence-corrected chi connectivity index (χ2v) is 32.5. The molecule has 8 fully saturated rings. The van der Waals surface area contributed by atoms with Crippen LogP contribution in [0.1, 0.15) is 213 Å². The SMILES string of the molecule is CC(C)C[C@H]1C(=O)N[C@@H](C2CCCC2)C(=O)N(C)CC(=O)N(C)CC(=O)N(C)[C@@H](CC2CCCCC2)C(=O)N(C)CC(=O)N[C@@H](CCC2CCC(C(F)(F)F)C(Cl)C2)C(=O)N2CCC[C@H]2C(=O)NC2(CCCC2)C(=O)N(C)[C@@H](C2CCCCC2)C(=O)N(C)[C@H](C(=O)N2CCCCC2)CC(=O)N1C. The molecule has 8 aliphatic rings. The molecule has 0 radical (unpaired) electrons. The molecule has 3 heterocycles. The van der Waals surface area contributed by atoms with Gasteiger partial charge in [0.05, 0.1) is 32.0 Å². The summed E-state index contributed by atoms with van der Waals surface area (Å²) in [5.41, 5.74) is -1.55. The fourth-order valence-corrected chi connectivity index (χ4v) is 18.3. The summed E-state index contributed by atoms with van der Waals surface area (Å²) < 4.78 is 42.1. The van der Waals surface area contributed by atoms with Crippen LogP contribution in [0.3, 0.4) is 0 Å². The van der Waals surface area contributed by atoms with Gasteiger partial charge in [-0.15, -0.1) is 11.6 Å². The number of amides is 12. The molecule has 3 unspecified atom stereocenters. The van der Waals surface area contributed by atoms with Crippen LogP contribution in [-0.4, -0.2) is 263 Å². The Morgan fingerprint density at radius 1 is 0.539 bits per heavy atom. The molecule has 1 spiro atoms. The van der Waals surface area contributed by atoms with Crippen molar-refractivity contribution < 1.29 is 70.7 Å². The van der Waals surface area contributed by atoms with Gasteiger partial charge in [0.25, 0.3) is 0 Å². The molecule has 8 rings (SSSR count). The molecule has 574 valence electrons. The highest BCUT2D eigenvalue weighted by molar-refractivity contribution is 6.21. The number of nitrogens with zero attached hydrogens (tertiary/aromatic N) is 9. The van der Waals surface area contributed by atoms with Crippen molar-refractivity contribution in [2.75, 3.05) is 88.6 Å². The molecule has 3 N–H and O–H groups in total. The van der Waals surface area contributed by atoms with Crippen molar-refractivity contribution in [1.29, 1.82) is 0 Å². The van der Waals surface area contributed by atoms with Crippen molar-refractivity contribution in [1.82, 2.24) is 60.0 Å². The number of carbonyl (C=O) groups is 12. The third kappa shape index (κ3) is 20.4. The normalized spacial score (nSPS) is 30.4. The Balaban J connectivity index is 1.16. The van der Waals surface area contributed by atoms with E-state index in [9.17, 15) is 37.1 Å². The fourth-order valence-electron chi connectivity index (χ4n) is 17.8. The molecular formula is C74H118ClF3N12O12. The highest BCUT2D eigenvalue weighted by Crippen LogP contribution is 2.44. The molecule has 0 aromatic carbocycles. The zero-order valence-corrected chi connectivity index (χ0v) is 62.9. The van der Waals surface area contributed by atoms with Crippen molar-refractivity contribution in [2.24, 2.45) is 35.5 Å². The van der Waals surface area contributed by atoms with Gasteiger partial charge in [-0.2, -0.15) is 13.2 Å². The molecule has 3 aliphatic heterocycles. The summed E-state index contributed by atoms with van der Waals surface area (Å²) in [6, 6.07) is -8.39. The lowest BCUT2D eigenvalue weighted by molar-refractivity contribution is -0.182. The summed E-state index contributed by atoms with van der Waals surface area (Å²) >= 11 is 6.42. The molecule has 5 aliphatic carbocycles. The monoisotopic (exact) mass is 1460 g/mol. The van der Waals surface area contributed by atoms with E-state index in [0.717, 1.165) is 75.5 Å². The Bertz CT molecular complexity index is 2970. The van der Waals surface area contributed by atoms with E-state index >= 15 is 33.6 Å². The molecule has 24 nitrogen and oxygen atoms in total. The number of hydrogen-bond donors (Lipinski definition) is 3. The molecule has 0 aromatic heterocycles. The van der Waals surface area contributed by atoms with E-state index in [4.69, 9.17) is 11.6 Å². The Morgan fingerprint density at radius 3 is 1.74 bits per heavy atom. The summed E-state index contributed by atoms with van der Waals surface area (Å²) in [7, 11) is 10.2. The van der Waals surface area contributed by atoms with Crippen LogP contribution in [-0.2, 0) is 57.5 Å². The highest BCUT2D eigenvalue weighted by atomic mass is 35.5. The largest absolute Gasteiger partial charge is 0.393 e. The Labute approximate surface area is 607 Å². The third-order valence-electron chi connectivity index (χ3n) is 24.1. The predicted octanol–water partition coefficient (Wildman–Crippen LogP) is 6.63. The maximum atomic E-state index is 15.9. The average molecular weight is 1460 g/mol. The van der Waals surface area contributed by atoms with Gasteiger partial charge in [-0.25, -0.2) is 0 Å². The second kappa shape index (κ2) is 36.6. The number of fused-ring (bicyclic) bond motifs is 1. The van der Waals surface area contributed by atoms with Crippen molar-refractivity contribution in [3.63, 3.8) is 0 Å². The number of halogens is 4. The Kier molecular flexibility index (Phi) is 29.2. The van der Waals surface area contributed by atoms with E-state index in [1.54, 1.807) is 11.9 Å². The molecule has 5 saturated carbocycles. The van der Waals surface area contributed by atoms with Gasteiger partial charge in [0.15, 0.2) is 0 Å². The van der Waals surface area contributed by atoms with E-state index in [1.165, 1.54) is 76.6 Å². The first-order chi connectivity index (χ1) is 48.3. The average Bonchev–Trinajstić information content (AvgIpc) is 1.30. The van der Waals surface area contributed by atoms with E-state index < -0.39 is 162 Å². The summed E-state index contributed by atoms with van der Waals surface area (Å²) in [4.78, 5) is 192. The number of nitrogens with one attached hydrogen (secondary N) is 3. The van der Waals surface area contributed by atoms with Crippen LogP contribution in [0.25, 0.3) is 0 Å². The minimum absolute atomic E-state index is 0.00509. The zero-order valence-electron chi connectivity index (χ0n) is 62.2. The summed E-state index contributed by atoms with van der Waals surface area (Å²) in [5, 5.41) is 7.76. The van der Waals surface area contributed by atoms with Crippen LogP contribution in [0.4, 0.5) is 13.2 Å². The number of carbonyl (C=O) groups excluding carboxylic acids is 12. The van der Waals surface area contributed by atoms with Crippen LogP contribution >= 0.6 is 11.6 Å². The maximum Gasteiger partial charge on any atom is 0.393 e. The van der Waals surface area contributed by atoms with E-state index in [1.807, 2.05) is 13.8 Å². The third-order valence-corrected chi connectivity index (χ3v) is 24.6. The van der Waals surface area contributed by atoms with Gasteiger partial charge in [0, 0.05) is 74.3 Å². The van der Waals surface area contributed by atoms with Gasteiger partial charge in [-0.1, -0.05) is 90.9 Å². The van der Waals surface area contributed by atoms with Crippen LogP contribution in [0.15, 0.2) is 0 Å². The molecular weight excluding hydrogens is 1340 g/mol. The van der Waals surface area contributed by atoms with Crippen molar-refractivity contribution in [3.8, 4) is 0 Å². The number of likely N-dealkylation sites (tertiary alicyclic amines) is 1. The maximum absolute atomic E-state index is 15.9. The van der Waals surface area contributed by atoms with Gasteiger partial charge < -0.3 is 60.0 Å². The summed E-state index contributed by atoms with van der Waals surface area (Å²) in [6.07, 6.45) is 10.4. The Morgan fingerprint density at radius 2 is 1.12 bits per heavy atom. The van der Waals surface area contributed by atoms with Gasteiger partial charge in [-0.05, 0) is 145 Å². The van der Waals surface area contributed by atoms with Crippen LogP contribution in [0, 0.1) is 35.5 Å². The first-order valence-electron chi connectivity index (χ1n) is 38.3. The topological polar surface area (TPSA) is 270 Å². The number of likely N-dealkylation sites (N-methyl/N-ethyl adjacent to an activating group) is 7. The zero-order chi connectivity index (χ0) is 74.5. The number of hydrogen-bond acceptors (Lipinski definition) is 12. The van der Waals surface area contributed by atoms with E-state index in [0.29, 0.717) is 70.9 Å². The van der Waals surface area contributed by atoms with Gasteiger partial charge >= 0.3 is 6.18 Å². The van der Waals surface area contributed by atoms with Gasteiger partial charge in [0.1, 0.15) is 47.8 Å². The number of piperidine rings is 1. The van der Waals surface area contributed by atoms with E-state index in [-0.39, 0.29) is 100 Å². The predicted molar refractivity (Wildman–Crippen MR) is 377 cm³/mol. The molecule has 0 aromatic rings. The molecule has 10 atom stereocenters. The minimum atomic E-state index is -4.51. The van der Waals surface area contributed by atoms with Gasteiger partial charge in [-0.3, -0.25) is 57.5 Å². The summed E-state index contributed by atoms with van der Waals surface area (Å²) in [6.45, 7) is 3.06. The van der Waals surface area contributed by atoms with Crippen LogP contribution < -0.4 is 16.0 Å². The molecule has 12 amide bonds. The first-order valence-corrected chi connectivity index (χ1v) is 38.8. The highest BCUT2D eigenvalue weighted by Gasteiger charge is 2.52. The molecule has 0 bridgehead atoms. The minimum Gasteiger partial charge on any atom is -0.343 e. The smallest absolute Gasteiger partial charge is 0.343 e. The molecule has 102 heavy (non-hydrogen) atoms. The second-order valence-electron chi connectivity index (χ2n) is 31.9. The fraction of sp³-hybridized carbons (Fsp3) is 0.838. The van der Waals surface area contributed by atoms with E-state index in [2.05, 4.69) is 16.0 Å². The van der Waals surface area contributed by atoms with Crippen molar-refractivity contribution in [3.05, 3.63) is 0 Å². The van der Waals surface area contributed by atoms with Crippen molar-refractivity contribution >= 4 is 82.5 Å². The first kappa shape index (κ1) is 81.4. The number of rotatable bonds is 10. The summed E-state index contributed by atoms with van der Waals surface area (Å²) in [5.74, 6) is -10.1. The molecule has 3 saturated heterocycles. The van der Waals surface area contributed by atoms with Gasteiger partial charge in [0.2, 0.25) is 70.9 Å². The standard InChI is InChI=1S/C74H118ClF3N12O12/c1-47(2)40-56-65(95)80-63(50-26-17-18-27-50)70(100)84(5)45-61(93)82(3)46-62(94)86(7)57(42-48-24-13-10-14-25-48)68(98)83(4)44-59(91)79-54(34-32-49-31-33-52(53(75)41-49)74(76,77)78)67(97)90-39-23-30-55(90)66(96)81-73(35-19-20-36-73)72(102)88(9)64(51-28-15-11-16-29-51)71(101)87(8)58(43-60(92)85(56)6)69(99)89-37-21-12-22-38-89/h47-58,63-64H,10-46H2,1-9H3,(H,79,91)(H,80,95)(H,81,96)/t49?,52?,53?,54-,55-,56-,57-,58-,63-,64-/m0/s1. The lowest BCUT2D eigenvalue weighted by Crippen LogP contribution is -2.65. The lowest BCUT2D eigenvalue weighted by Gasteiger charge is -2.43. The lowest BCUT2D eigenvalue weighted by atomic mass is 9.78. The van der Waals surface area contributed by atoms with Crippen molar-refractivity contribution in [2.45, 2.75) is 272 Å². The van der Waals surface area contributed by atoms with Crippen LogP contribution in [0.2, 0.25) is 0 Å². The van der Waals surface area contributed by atoms with Crippen LogP contribution in [0.5, 0.6) is 0 Å². The molecule has 28 heteroatoms.